The van der Waals surface area contributed by atoms with Crippen molar-refractivity contribution >= 4 is 53.7 Å². The minimum absolute atomic E-state index is 0.0243. The maximum atomic E-state index is 16.1. The number of benzene rings is 3. The van der Waals surface area contributed by atoms with E-state index in [2.05, 4.69) is 107 Å². The van der Waals surface area contributed by atoms with Crippen LogP contribution in [0.1, 0.15) is 78.0 Å². The van der Waals surface area contributed by atoms with Crippen LogP contribution in [0.25, 0.3) is 41.5 Å². The minimum Gasteiger partial charge on any atom is -0.361 e. The fourth-order valence-electron chi connectivity index (χ4n) is 6.14. The van der Waals surface area contributed by atoms with Crippen LogP contribution in [0.3, 0.4) is 0 Å². The van der Waals surface area contributed by atoms with Crippen LogP contribution < -0.4 is 0 Å². The molecule has 0 fully saturated rings. The van der Waals surface area contributed by atoms with Gasteiger partial charge in [0, 0.05) is 36.9 Å². The van der Waals surface area contributed by atoms with Crippen molar-refractivity contribution in [2.45, 2.75) is 77.6 Å². The number of hydrogen-bond donors (Lipinski definition) is 1. The van der Waals surface area contributed by atoms with Gasteiger partial charge in [-0.1, -0.05) is 78.8 Å². The second-order valence-electron chi connectivity index (χ2n) is 13.5. The predicted molar refractivity (Wildman–Crippen MR) is 175 cm³/mol. The zero-order chi connectivity index (χ0) is 28.4. The first-order chi connectivity index (χ1) is 18.9. The summed E-state index contributed by atoms with van der Waals surface area (Å²) in [6, 6.07) is 21.6. The summed E-state index contributed by atoms with van der Waals surface area (Å²) in [6.07, 6.45) is 4.11. The second-order valence-corrected chi connectivity index (χ2v) is 15.5. The van der Waals surface area contributed by atoms with Gasteiger partial charge < -0.3 is 4.98 Å². The maximum Gasteiger partial charge on any atom is 0.141 e. The third kappa shape index (κ3) is 4.59. The Kier molecular flexibility index (Phi) is 6.51. The van der Waals surface area contributed by atoms with Gasteiger partial charge in [-0.3, -0.25) is 0 Å². The highest BCUT2D eigenvalue weighted by molar-refractivity contribution is 7.22. The fourth-order valence-corrected chi connectivity index (χ4v) is 8.40. The van der Waals surface area contributed by atoms with E-state index in [9.17, 15) is 0 Å². The van der Waals surface area contributed by atoms with Gasteiger partial charge in [-0.05, 0) is 92.3 Å². The minimum atomic E-state index is -0.141. The lowest BCUT2D eigenvalue weighted by Gasteiger charge is -2.32. The summed E-state index contributed by atoms with van der Waals surface area (Å²) < 4.78 is 18.7. The number of aromatic amines is 1. The smallest absolute Gasteiger partial charge is 0.141 e. The van der Waals surface area contributed by atoms with Crippen LogP contribution in [0.2, 0.25) is 0 Å². The van der Waals surface area contributed by atoms with E-state index >= 15 is 4.39 Å². The van der Waals surface area contributed by atoms with E-state index in [4.69, 9.17) is 0 Å². The molecule has 0 amide bonds. The quantitative estimate of drug-likeness (QED) is 0.206. The molecular formula is C36H38FNS2. The Morgan fingerprint density at radius 1 is 0.725 bits per heavy atom. The molecule has 6 rings (SSSR count). The molecular weight excluding hydrogens is 530 g/mol. The third-order valence-corrected chi connectivity index (χ3v) is 10.8. The van der Waals surface area contributed by atoms with Gasteiger partial charge in [0.25, 0.3) is 0 Å². The van der Waals surface area contributed by atoms with Crippen LogP contribution in [0.15, 0.2) is 72.2 Å². The summed E-state index contributed by atoms with van der Waals surface area (Å²) in [4.78, 5) is 4.27. The normalized spacial score (nSPS) is 13.2. The van der Waals surface area contributed by atoms with Gasteiger partial charge in [-0.2, -0.15) is 0 Å². The standard InChI is InChI=1S/C36H38FNS2/c1-34(2,3)26-20-38-28-16-15-23(33(37)32(26)28)31-19-24-25(12-10-14-30(24)40-31)35(4,5)17-18-36(6,7)27-21-39-29-13-9-8-11-22(27)29/h8-16,19-21,38H,17-18H2,1-7H3. The van der Waals surface area contributed by atoms with Gasteiger partial charge in [0.05, 0.1) is 0 Å². The Labute approximate surface area is 245 Å². The molecule has 206 valence electrons. The lowest BCUT2D eigenvalue weighted by Crippen LogP contribution is -2.24. The van der Waals surface area contributed by atoms with Crippen molar-refractivity contribution in [1.29, 1.82) is 0 Å². The van der Waals surface area contributed by atoms with E-state index in [1.807, 2.05) is 29.7 Å². The topological polar surface area (TPSA) is 15.8 Å². The highest BCUT2D eigenvalue weighted by Crippen LogP contribution is 2.45. The molecule has 6 aromatic rings. The number of rotatable bonds is 6. The van der Waals surface area contributed by atoms with Crippen molar-refractivity contribution in [1.82, 2.24) is 4.98 Å². The predicted octanol–water partition coefficient (Wildman–Crippen LogP) is 11.7. The number of aromatic nitrogens is 1. The molecule has 40 heavy (non-hydrogen) atoms. The summed E-state index contributed by atoms with van der Waals surface area (Å²) in [5.41, 5.74) is 5.27. The molecule has 3 aromatic heterocycles. The van der Waals surface area contributed by atoms with Gasteiger partial charge in [-0.15, -0.1) is 22.7 Å². The summed E-state index contributed by atoms with van der Waals surface area (Å²) >= 11 is 3.54. The summed E-state index contributed by atoms with van der Waals surface area (Å²) in [5, 5.41) is 5.70. The lowest BCUT2D eigenvalue weighted by atomic mass is 9.72. The first-order valence-electron chi connectivity index (χ1n) is 14.2. The molecule has 4 heteroatoms. The number of halogens is 1. The molecule has 0 spiro atoms. The zero-order valence-corrected chi connectivity index (χ0v) is 26.2. The van der Waals surface area contributed by atoms with E-state index in [1.165, 1.54) is 31.3 Å². The maximum absolute atomic E-state index is 16.1. The van der Waals surface area contributed by atoms with Crippen LogP contribution in [-0.4, -0.2) is 4.98 Å². The van der Waals surface area contributed by atoms with Crippen molar-refractivity contribution in [3.05, 3.63) is 94.7 Å². The van der Waals surface area contributed by atoms with Crippen molar-refractivity contribution in [3.8, 4) is 10.4 Å². The van der Waals surface area contributed by atoms with Crippen LogP contribution in [0.4, 0.5) is 4.39 Å². The number of nitrogens with one attached hydrogen (secondary N) is 1. The Morgan fingerprint density at radius 2 is 1.43 bits per heavy atom. The Balaban J connectivity index is 1.35. The SMILES string of the molecule is CC(C)(C)c1c[nH]c2ccc(-c3cc4c(C(C)(C)CCC(C)(C)c5csc6ccccc56)cccc4s3)c(F)c12. The van der Waals surface area contributed by atoms with E-state index in [1.54, 1.807) is 11.3 Å². The number of thiophene rings is 2. The number of hydrogen-bond acceptors (Lipinski definition) is 2. The first kappa shape index (κ1) is 27.2. The Bertz CT molecular complexity index is 1850. The summed E-state index contributed by atoms with van der Waals surface area (Å²) in [5.74, 6) is -0.124. The van der Waals surface area contributed by atoms with Crippen molar-refractivity contribution in [2.75, 3.05) is 0 Å². The van der Waals surface area contributed by atoms with Crippen molar-refractivity contribution < 1.29 is 4.39 Å². The molecule has 0 atom stereocenters. The lowest BCUT2D eigenvalue weighted by molar-refractivity contribution is 0.378. The zero-order valence-electron chi connectivity index (χ0n) is 24.5. The van der Waals surface area contributed by atoms with Crippen LogP contribution in [-0.2, 0) is 16.2 Å². The van der Waals surface area contributed by atoms with E-state index in [-0.39, 0.29) is 22.1 Å². The highest BCUT2D eigenvalue weighted by Gasteiger charge is 2.30. The van der Waals surface area contributed by atoms with Crippen LogP contribution >= 0.6 is 22.7 Å². The molecule has 3 heterocycles. The van der Waals surface area contributed by atoms with Gasteiger partial charge in [0.1, 0.15) is 5.82 Å². The van der Waals surface area contributed by atoms with Gasteiger partial charge >= 0.3 is 0 Å². The Morgan fingerprint density at radius 3 is 2.17 bits per heavy atom. The van der Waals surface area contributed by atoms with Crippen LogP contribution in [0.5, 0.6) is 0 Å². The van der Waals surface area contributed by atoms with E-state index in [0.717, 1.165) is 28.8 Å². The summed E-state index contributed by atoms with van der Waals surface area (Å²) in [7, 11) is 0. The number of fused-ring (bicyclic) bond motifs is 3. The summed E-state index contributed by atoms with van der Waals surface area (Å²) in [6.45, 7) is 15.9. The fraction of sp³-hybridized carbons (Fsp3) is 0.333. The molecule has 0 bridgehead atoms. The first-order valence-corrected chi connectivity index (χ1v) is 15.9. The van der Waals surface area contributed by atoms with Crippen molar-refractivity contribution in [2.24, 2.45) is 0 Å². The molecule has 0 saturated carbocycles. The molecule has 0 unspecified atom stereocenters. The number of H-pyrrole nitrogens is 1. The molecule has 0 radical (unpaired) electrons. The van der Waals surface area contributed by atoms with E-state index in [0.29, 0.717) is 10.9 Å². The van der Waals surface area contributed by atoms with Gasteiger partial charge in [-0.25, -0.2) is 4.39 Å². The monoisotopic (exact) mass is 567 g/mol. The molecule has 0 aliphatic rings. The second kappa shape index (κ2) is 9.56. The van der Waals surface area contributed by atoms with E-state index < -0.39 is 0 Å². The van der Waals surface area contributed by atoms with Crippen molar-refractivity contribution in [3.63, 3.8) is 0 Å². The highest BCUT2D eigenvalue weighted by atomic mass is 32.1. The average molecular weight is 568 g/mol. The molecule has 0 saturated heterocycles. The van der Waals surface area contributed by atoms with Gasteiger partial charge in [0.2, 0.25) is 0 Å². The molecule has 0 aliphatic heterocycles. The largest absolute Gasteiger partial charge is 0.361 e. The Hall–Kier alpha value is -2.95. The third-order valence-electron chi connectivity index (χ3n) is 8.73. The molecule has 0 aliphatic carbocycles. The van der Waals surface area contributed by atoms with Crippen LogP contribution in [0, 0.1) is 5.82 Å². The molecule has 1 nitrogen and oxygen atoms in total. The van der Waals surface area contributed by atoms with Gasteiger partial charge in [0.15, 0.2) is 0 Å². The average Bonchev–Trinajstić information content (AvgIpc) is 3.64. The molecule has 1 N–H and O–H groups in total. The molecule has 3 aromatic carbocycles.